The molecule has 116 valence electrons. The van der Waals surface area contributed by atoms with Crippen molar-refractivity contribution in [2.24, 2.45) is 0 Å². The van der Waals surface area contributed by atoms with Crippen LogP contribution in [0.25, 0.3) is 22.2 Å². The number of nitrogens with zero attached hydrogens (tertiary/aromatic N) is 3. The minimum atomic E-state index is 0.860. The van der Waals surface area contributed by atoms with Crippen LogP contribution < -0.4 is 4.90 Å². The molecule has 23 heavy (non-hydrogen) atoms. The summed E-state index contributed by atoms with van der Waals surface area (Å²) >= 11 is 3.57. The van der Waals surface area contributed by atoms with Crippen LogP contribution in [0.2, 0.25) is 0 Å². The number of benzene rings is 2. The van der Waals surface area contributed by atoms with Gasteiger partial charge in [-0.25, -0.2) is 9.97 Å². The Kier molecular flexibility index (Phi) is 4.00. The summed E-state index contributed by atoms with van der Waals surface area (Å²) < 4.78 is 1.05. The number of hydrogen-bond acceptors (Lipinski definition) is 3. The van der Waals surface area contributed by atoms with Crippen molar-refractivity contribution in [2.45, 2.75) is 19.3 Å². The first-order valence-electron chi connectivity index (χ1n) is 8.09. The van der Waals surface area contributed by atoms with E-state index in [2.05, 4.69) is 57.2 Å². The largest absolute Gasteiger partial charge is 0.341 e. The molecule has 0 atom stereocenters. The van der Waals surface area contributed by atoms with E-state index >= 15 is 0 Å². The van der Waals surface area contributed by atoms with E-state index in [9.17, 15) is 0 Å². The van der Waals surface area contributed by atoms with Gasteiger partial charge in [0.1, 0.15) is 0 Å². The molecule has 0 amide bonds. The minimum absolute atomic E-state index is 0.860. The van der Waals surface area contributed by atoms with E-state index < -0.39 is 0 Å². The predicted molar refractivity (Wildman–Crippen MR) is 98.7 cm³/mol. The molecule has 3 nitrogen and oxygen atoms in total. The first-order chi connectivity index (χ1) is 11.3. The quantitative estimate of drug-likeness (QED) is 0.634. The number of piperidine rings is 1. The summed E-state index contributed by atoms with van der Waals surface area (Å²) in [6.07, 6.45) is 3.76. The maximum absolute atomic E-state index is 4.93. The highest BCUT2D eigenvalue weighted by Gasteiger charge is 2.17. The van der Waals surface area contributed by atoms with E-state index in [1.807, 2.05) is 12.1 Å². The third-order valence-corrected chi connectivity index (χ3v) is 4.83. The number of aromatic nitrogens is 2. The van der Waals surface area contributed by atoms with E-state index in [1.54, 1.807) is 0 Å². The standard InChI is InChI=1S/C19H18BrN3/c20-15-9-10-17-16(13-15)18(14-7-3-1-4-8-14)22-19(21-17)23-11-5-2-6-12-23/h1,3-4,7-10,13H,2,5-6,11-12H2. The second-order valence-corrected chi connectivity index (χ2v) is 6.86. The van der Waals surface area contributed by atoms with Crippen molar-refractivity contribution in [1.82, 2.24) is 9.97 Å². The maximum Gasteiger partial charge on any atom is 0.226 e. The molecule has 0 bridgehead atoms. The van der Waals surface area contributed by atoms with Crippen molar-refractivity contribution in [3.63, 3.8) is 0 Å². The van der Waals surface area contributed by atoms with Gasteiger partial charge in [-0.1, -0.05) is 46.3 Å². The average Bonchev–Trinajstić information content (AvgIpc) is 2.62. The van der Waals surface area contributed by atoms with Crippen molar-refractivity contribution in [3.8, 4) is 11.3 Å². The molecule has 0 radical (unpaired) electrons. The molecular formula is C19H18BrN3. The van der Waals surface area contributed by atoms with Gasteiger partial charge in [-0.05, 0) is 37.5 Å². The van der Waals surface area contributed by atoms with Gasteiger partial charge in [0.25, 0.3) is 0 Å². The van der Waals surface area contributed by atoms with Crippen LogP contribution in [0.4, 0.5) is 5.95 Å². The van der Waals surface area contributed by atoms with E-state index in [1.165, 1.54) is 19.3 Å². The molecule has 1 fully saturated rings. The number of fused-ring (bicyclic) bond motifs is 1. The zero-order valence-electron chi connectivity index (χ0n) is 12.9. The van der Waals surface area contributed by atoms with Crippen LogP contribution in [0.5, 0.6) is 0 Å². The zero-order valence-corrected chi connectivity index (χ0v) is 14.5. The first kappa shape index (κ1) is 14.6. The molecular weight excluding hydrogens is 350 g/mol. The normalized spacial score (nSPS) is 15.1. The second-order valence-electron chi connectivity index (χ2n) is 5.95. The zero-order chi connectivity index (χ0) is 15.6. The fourth-order valence-corrected chi connectivity index (χ4v) is 3.50. The molecule has 4 rings (SSSR count). The summed E-state index contributed by atoms with van der Waals surface area (Å²) in [4.78, 5) is 12.1. The summed E-state index contributed by atoms with van der Waals surface area (Å²) in [5.41, 5.74) is 3.15. The van der Waals surface area contributed by atoms with E-state index in [0.717, 1.165) is 45.7 Å². The Morgan fingerprint density at radius 3 is 2.43 bits per heavy atom. The number of hydrogen-bond donors (Lipinski definition) is 0. The van der Waals surface area contributed by atoms with Crippen LogP contribution in [0, 0.1) is 0 Å². The van der Waals surface area contributed by atoms with Crippen molar-refractivity contribution < 1.29 is 0 Å². The highest BCUT2D eigenvalue weighted by molar-refractivity contribution is 9.10. The van der Waals surface area contributed by atoms with Crippen LogP contribution in [0.15, 0.2) is 53.0 Å². The monoisotopic (exact) mass is 367 g/mol. The van der Waals surface area contributed by atoms with Gasteiger partial charge in [0.2, 0.25) is 5.95 Å². The Balaban J connectivity index is 1.91. The lowest BCUT2D eigenvalue weighted by Crippen LogP contribution is -2.31. The van der Waals surface area contributed by atoms with Gasteiger partial charge < -0.3 is 4.90 Å². The molecule has 1 aliphatic rings. The Morgan fingerprint density at radius 1 is 0.870 bits per heavy atom. The van der Waals surface area contributed by atoms with Crippen molar-refractivity contribution in [2.75, 3.05) is 18.0 Å². The molecule has 0 spiro atoms. The summed E-state index contributed by atoms with van der Waals surface area (Å²) in [7, 11) is 0. The lowest BCUT2D eigenvalue weighted by Gasteiger charge is -2.27. The van der Waals surface area contributed by atoms with E-state index in [4.69, 9.17) is 9.97 Å². The molecule has 1 aliphatic heterocycles. The highest BCUT2D eigenvalue weighted by atomic mass is 79.9. The Bertz CT molecular complexity index is 827. The molecule has 2 heterocycles. The van der Waals surface area contributed by atoms with Crippen molar-refractivity contribution in [3.05, 3.63) is 53.0 Å². The van der Waals surface area contributed by atoms with Crippen LogP contribution in [-0.2, 0) is 0 Å². The smallest absolute Gasteiger partial charge is 0.226 e. The third kappa shape index (κ3) is 2.95. The molecule has 0 unspecified atom stereocenters. The fourth-order valence-electron chi connectivity index (χ4n) is 3.14. The van der Waals surface area contributed by atoms with Crippen LogP contribution in [-0.4, -0.2) is 23.1 Å². The molecule has 2 aromatic carbocycles. The number of halogens is 1. The fraction of sp³-hybridized carbons (Fsp3) is 0.263. The van der Waals surface area contributed by atoms with Crippen molar-refractivity contribution >= 4 is 32.8 Å². The Hall–Kier alpha value is -1.94. The van der Waals surface area contributed by atoms with Crippen LogP contribution >= 0.6 is 15.9 Å². The Labute approximate surface area is 144 Å². The van der Waals surface area contributed by atoms with Crippen LogP contribution in [0.1, 0.15) is 19.3 Å². The summed E-state index contributed by atoms with van der Waals surface area (Å²) in [6.45, 7) is 2.10. The Morgan fingerprint density at radius 2 is 1.65 bits per heavy atom. The molecule has 3 aromatic rings. The van der Waals surface area contributed by atoms with Gasteiger partial charge in [0, 0.05) is 28.5 Å². The lowest BCUT2D eigenvalue weighted by molar-refractivity contribution is 0.569. The van der Waals surface area contributed by atoms with Gasteiger partial charge in [-0.3, -0.25) is 0 Å². The first-order valence-corrected chi connectivity index (χ1v) is 8.88. The SMILES string of the molecule is Brc1ccc2nc(N3CCCCC3)nc(-c3ccccc3)c2c1. The highest BCUT2D eigenvalue weighted by Crippen LogP contribution is 2.30. The second kappa shape index (κ2) is 6.28. The van der Waals surface area contributed by atoms with Gasteiger partial charge in [0.05, 0.1) is 11.2 Å². The van der Waals surface area contributed by atoms with Crippen molar-refractivity contribution in [1.29, 1.82) is 0 Å². The predicted octanol–water partition coefficient (Wildman–Crippen LogP) is 5.05. The molecule has 0 saturated carbocycles. The van der Waals surface area contributed by atoms with Gasteiger partial charge >= 0.3 is 0 Å². The number of rotatable bonds is 2. The molecule has 1 saturated heterocycles. The molecule has 4 heteroatoms. The summed E-state index contributed by atoms with van der Waals surface area (Å²) in [6, 6.07) is 16.6. The molecule has 0 aliphatic carbocycles. The third-order valence-electron chi connectivity index (χ3n) is 4.33. The van der Waals surface area contributed by atoms with E-state index in [0.29, 0.717) is 0 Å². The van der Waals surface area contributed by atoms with Crippen LogP contribution in [0.3, 0.4) is 0 Å². The van der Waals surface area contributed by atoms with E-state index in [-0.39, 0.29) is 0 Å². The molecule has 1 aromatic heterocycles. The molecule has 0 N–H and O–H groups in total. The van der Waals surface area contributed by atoms with Gasteiger partial charge in [-0.2, -0.15) is 0 Å². The number of anilines is 1. The van der Waals surface area contributed by atoms with Gasteiger partial charge in [-0.15, -0.1) is 0 Å². The lowest BCUT2D eigenvalue weighted by atomic mass is 10.1. The topological polar surface area (TPSA) is 29.0 Å². The maximum atomic E-state index is 4.93. The summed E-state index contributed by atoms with van der Waals surface area (Å²) in [5.74, 6) is 0.860. The average molecular weight is 368 g/mol. The van der Waals surface area contributed by atoms with Gasteiger partial charge in [0.15, 0.2) is 0 Å². The summed E-state index contributed by atoms with van der Waals surface area (Å²) in [5, 5.41) is 1.09. The minimum Gasteiger partial charge on any atom is -0.341 e.